The first-order valence-electron chi connectivity index (χ1n) is 10.1. The summed E-state index contributed by atoms with van der Waals surface area (Å²) < 4.78 is 17.0. The maximum absolute atomic E-state index is 13.4. The number of benzene rings is 1. The Morgan fingerprint density at radius 1 is 1.03 bits per heavy atom. The molecule has 0 atom stereocenters. The van der Waals surface area contributed by atoms with Gasteiger partial charge in [-0.25, -0.2) is 4.79 Å². The molecule has 0 saturated heterocycles. The third-order valence-corrected chi connectivity index (χ3v) is 5.00. The van der Waals surface area contributed by atoms with Crippen LogP contribution in [0.25, 0.3) is 0 Å². The second kappa shape index (κ2) is 11.3. The summed E-state index contributed by atoms with van der Waals surface area (Å²) in [6.07, 6.45) is 5.05. The van der Waals surface area contributed by atoms with E-state index in [1.807, 2.05) is 0 Å². The molecule has 0 bridgehead atoms. The van der Waals surface area contributed by atoms with E-state index in [0.717, 1.165) is 25.0 Å². The van der Waals surface area contributed by atoms with E-state index in [1.165, 1.54) is 45.7 Å². The average molecular weight is 431 g/mol. The summed E-state index contributed by atoms with van der Waals surface area (Å²) in [6, 6.07) is 4.25. The molecule has 168 valence electrons. The van der Waals surface area contributed by atoms with Crippen LogP contribution < -0.4 is 14.9 Å². The maximum Gasteiger partial charge on any atom is 0.338 e. The highest BCUT2D eigenvalue weighted by atomic mass is 16.5. The number of aliphatic hydroxyl groups is 1. The number of hydrogen-bond donors (Lipinski definition) is 1. The lowest BCUT2D eigenvalue weighted by Crippen LogP contribution is -2.23. The molecule has 2 aromatic rings. The van der Waals surface area contributed by atoms with Crippen LogP contribution in [0.2, 0.25) is 0 Å². The Balaban J connectivity index is 2.64. The van der Waals surface area contributed by atoms with Crippen LogP contribution in [0.1, 0.15) is 58.2 Å². The number of carbonyl (C=O) groups is 2. The third kappa shape index (κ3) is 5.52. The molecule has 8 nitrogen and oxygen atoms in total. The number of aryl methyl sites for hydroxylation is 1. The fourth-order valence-electron chi connectivity index (χ4n) is 3.38. The van der Waals surface area contributed by atoms with Gasteiger partial charge in [-0.3, -0.25) is 9.59 Å². The van der Waals surface area contributed by atoms with Crippen molar-refractivity contribution in [3.63, 3.8) is 0 Å². The molecular formula is C23H29NO7. The van der Waals surface area contributed by atoms with Crippen molar-refractivity contribution in [1.29, 1.82) is 0 Å². The normalized spacial score (nSPS) is 10.6. The van der Waals surface area contributed by atoms with Gasteiger partial charge in [-0.05, 0) is 18.9 Å². The topological polar surface area (TPSA) is 104 Å². The fourth-order valence-corrected chi connectivity index (χ4v) is 3.38. The smallest absolute Gasteiger partial charge is 0.338 e. The largest absolute Gasteiger partial charge is 0.497 e. The van der Waals surface area contributed by atoms with E-state index < -0.39 is 17.2 Å². The van der Waals surface area contributed by atoms with Crippen molar-refractivity contribution in [2.45, 2.75) is 39.2 Å². The van der Waals surface area contributed by atoms with Gasteiger partial charge in [0, 0.05) is 30.6 Å². The van der Waals surface area contributed by atoms with Crippen LogP contribution in [0.3, 0.4) is 0 Å². The highest BCUT2D eigenvalue weighted by molar-refractivity contribution is 6.16. The van der Waals surface area contributed by atoms with Crippen LogP contribution in [0, 0.1) is 0 Å². The third-order valence-electron chi connectivity index (χ3n) is 5.00. The molecule has 0 aliphatic carbocycles. The quantitative estimate of drug-likeness (QED) is 0.331. The molecule has 0 radical (unpaired) electrons. The Labute approximate surface area is 181 Å². The van der Waals surface area contributed by atoms with E-state index >= 15 is 0 Å². The van der Waals surface area contributed by atoms with Gasteiger partial charge in [-0.15, -0.1) is 0 Å². The predicted octanol–water partition coefficient (Wildman–Crippen LogP) is 2.61. The van der Waals surface area contributed by atoms with Crippen molar-refractivity contribution in [3.8, 4) is 11.5 Å². The molecule has 1 aromatic heterocycles. The maximum atomic E-state index is 13.4. The monoisotopic (exact) mass is 431 g/mol. The van der Waals surface area contributed by atoms with E-state index in [2.05, 4.69) is 6.92 Å². The summed E-state index contributed by atoms with van der Waals surface area (Å²) in [5.74, 6) is -1.04. The summed E-state index contributed by atoms with van der Waals surface area (Å²) in [6.45, 7) is 2.19. The molecule has 31 heavy (non-hydrogen) atoms. The minimum absolute atomic E-state index is 0.0659. The van der Waals surface area contributed by atoms with Gasteiger partial charge in [0.05, 0.1) is 44.6 Å². The van der Waals surface area contributed by atoms with Gasteiger partial charge in [-0.1, -0.05) is 19.8 Å². The molecule has 0 saturated carbocycles. The second-order valence-corrected chi connectivity index (χ2v) is 6.99. The van der Waals surface area contributed by atoms with Gasteiger partial charge in [0.2, 0.25) is 5.78 Å². The molecule has 0 aliphatic rings. The molecule has 0 spiro atoms. The van der Waals surface area contributed by atoms with E-state index in [1.54, 1.807) is 4.57 Å². The van der Waals surface area contributed by atoms with Gasteiger partial charge in [0.15, 0.2) is 5.43 Å². The molecule has 0 aliphatic heterocycles. The summed E-state index contributed by atoms with van der Waals surface area (Å²) in [5, 5.41) is 9.44. The lowest BCUT2D eigenvalue weighted by atomic mass is 9.96. The highest BCUT2D eigenvalue weighted by Crippen LogP contribution is 2.31. The summed E-state index contributed by atoms with van der Waals surface area (Å²) in [4.78, 5) is 38.6. The van der Waals surface area contributed by atoms with Crippen molar-refractivity contribution >= 4 is 11.8 Å². The van der Waals surface area contributed by atoms with Crippen LogP contribution in [-0.4, -0.2) is 49.4 Å². The van der Waals surface area contributed by atoms with E-state index in [9.17, 15) is 19.5 Å². The number of hydrogen-bond acceptors (Lipinski definition) is 7. The second-order valence-electron chi connectivity index (χ2n) is 6.99. The zero-order valence-corrected chi connectivity index (χ0v) is 18.4. The predicted molar refractivity (Wildman–Crippen MR) is 115 cm³/mol. The SMILES string of the molecule is CCCCCc1cc(=O)c(C(=O)c2c(OC)cc(OC)cc2C(=O)OC)cn1CCO. The summed E-state index contributed by atoms with van der Waals surface area (Å²) in [7, 11) is 3.97. The first-order chi connectivity index (χ1) is 14.9. The van der Waals surface area contributed by atoms with Gasteiger partial charge in [0.1, 0.15) is 11.5 Å². The summed E-state index contributed by atoms with van der Waals surface area (Å²) >= 11 is 0. The molecule has 2 rings (SSSR count). The zero-order valence-electron chi connectivity index (χ0n) is 18.4. The number of pyridine rings is 1. The van der Waals surface area contributed by atoms with Crippen molar-refractivity contribution in [3.05, 3.63) is 57.0 Å². The van der Waals surface area contributed by atoms with Crippen LogP contribution >= 0.6 is 0 Å². The van der Waals surface area contributed by atoms with Crippen LogP contribution in [0.5, 0.6) is 11.5 Å². The molecule has 0 amide bonds. The number of aromatic nitrogens is 1. The molecule has 1 heterocycles. The Bertz CT molecular complexity index is 994. The van der Waals surface area contributed by atoms with Gasteiger partial charge in [-0.2, -0.15) is 0 Å². The first kappa shape index (κ1) is 24.1. The van der Waals surface area contributed by atoms with E-state index in [-0.39, 0.29) is 35.6 Å². The molecular weight excluding hydrogens is 402 g/mol. The Kier molecular flexibility index (Phi) is 8.81. The molecule has 0 fully saturated rings. The Morgan fingerprint density at radius 2 is 1.77 bits per heavy atom. The number of rotatable bonds is 11. The number of aliphatic hydroxyl groups excluding tert-OH is 1. The number of unbranched alkanes of at least 4 members (excludes halogenated alkanes) is 2. The van der Waals surface area contributed by atoms with Crippen LogP contribution in [-0.2, 0) is 17.7 Å². The first-order valence-corrected chi connectivity index (χ1v) is 10.1. The van der Waals surface area contributed by atoms with E-state index in [4.69, 9.17) is 14.2 Å². The lowest BCUT2D eigenvalue weighted by molar-refractivity contribution is 0.0596. The molecule has 0 unspecified atom stereocenters. The zero-order chi connectivity index (χ0) is 23.0. The van der Waals surface area contributed by atoms with Gasteiger partial charge in [0.25, 0.3) is 0 Å². The van der Waals surface area contributed by atoms with Crippen LogP contribution in [0.15, 0.2) is 29.2 Å². The van der Waals surface area contributed by atoms with Crippen LogP contribution in [0.4, 0.5) is 0 Å². The number of nitrogens with zero attached hydrogens (tertiary/aromatic N) is 1. The van der Waals surface area contributed by atoms with Gasteiger partial charge >= 0.3 is 5.97 Å². The number of ether oxygens (including phenoxy) is 3. The highest BCUT2D eigenvalue weighted by Gasteiger charge is 2.27. The van der Waals surface area contributed by atoms with E-state index in [0.29, 0.717) is 12.2 Å². The van der Waals surface area contributed by atoms with Crippen molar-refractivity contribution in [2.75, 3.05) is 27.9 Å². The molecule has 1 N–H and O–H groups in total. The number of ketones is 1. The standard InChI is InChI=1S/C23H29NO7/c1-5-6-7-8-15-11-19(26)18(14-24(15)9-10-25)22(27)21-17(23(28)31-4)12-16(29-2)13-20(21)30-3/h11-14,25H,5-10H2,1-4H3. The number of esters is 1. The number of methoxy groups -OCH3 is 3. The van der Waals surface area contributed by atoms with Crippen molar-refractivity contribution in [1.82, 2.24) is 4.57 Å². The average Bonchev–Trinajstić information content (AvgIpc) is 2.78. The Morgan fingerprint density at radius 3 is 2.35 bits per heavy atom. The Hall–Kier alpha value is -3.13. The summed E-state index contributed by atoms with van der Waals surface area (Å²) in [5.41, 5.74) is 0.0185. The fraction of sp³-hybridized carbons (Fsp3) is 0.435. The minimum atomic E-state index is -0.757. The minimum Gasteiger partial charge on any atom is -0.497 e. The lowest BCUT2D eigenvalue weighted by Gasteiger charge is -2.16. The van der Waals surface area contributed by atoms with Crippen molar-refractivity contribution < 1.29 is 28.9 Å². The van der Waals surface area contributed by atoms with Crippen molar-refractivity contribution in [2.24, 2.45) is 0 Å². The number of carbonyl (C=O) groups excluding carboxylic acids is 2. The molecule has 8 heteroatoms. The van der Waals surface area contributed by atoms with Gasteiger partial charge < -0.3 is 23.9 Å². The molecule has 1 aromatic carbocycles.